The highest BCUT2D eigenvalue weighted by Gasteiger charge is 2.14. The summed E-state index contributed by atoms with van der Waals surface area (Å²) in [4.78, 5) is 9.56. The summed E-state index contributed by atoms with van der Waals surface area (Å²) in [5.74, 6) is 0.0407. The fraction of sp³-hybridized carbons (Fsp3) is 0.143. The van der Waals surface area contributed by atoms with E-state index in [0.717, 1.165) is 0 Å². The molecule has 5 nitrogen and oxygen atoms in total. The SMILES string of the molecule is C=C[C@@H](N)c1ccc([N+](=O)[O-])o1. The first-order valence-electron chi connectivity index (χ1n) is 3.27. The van der Waals surface area contributed by atoms with Crippen LogP contribution < -0.4 is 5.73 Å². The third-order valence-electron chi connectivity index (χ3n) is 1.38. The minimum Gasteiger partial charge on any atom is -0.404 e. The predicted molar refractivity (Wildman–Crippen MR) is 42.5 cm³/mol. The Morgan fingerprint density at radius 3 is 2.83 bits per heavy atom. The summed E-state index contributed by atoms with van der Waals surface area (Å²) >= 11 is 0. The monoisotopic (exact) mass is 168 g/mol. The number of furan rings is 1. The van der Waals surface area contributed by atoms with Crippen LogP contribution in [0, 0.1) is 10.1 Å². The maximum atomic E-state index is 10.2. The maximum absolute atomic E-state index is 10.2. The van der Waals surface area contributed by atoms with Crippen LogP contribution in [0.4, 0.5) is 5.88 Å². The minimum atomic E-state index is -0.612. The second-order valence-electron chi connectivity index (χ2n) is 2.19. The van der Waals surface area contributed by atoms with Gasteiger partial charge in [-0.15, -0.1) is 6.58 Å². The Labute approximate surface area is 68.6 Å². The number of hydrogen-bond acceptors (Lipinski definition) is 4. The van der Waals surface area contributed by atoms with E-state index < -0.39 is 11.0 Å². The van der Waals surface area contributed by atoms with E-state index in [-0.39, 0.29) is 5.88 Å². The first kappa shape index (κ1) is 8.48. The van der Waals surface area contributed by atoms with Crippen LogP contribution in [0.3, 0.4) is 0 Å². The molecule has 0 aliphatic rings. The third-order valence-corrected chi connectivity index (χ3v) is 1.38. The first-order valence-corrected chi connectivity index (χ1v) is 3.27. The summed E-state index contributed by atoms with van der Waals surface area (Å²) in [6, 6.07) is 2.24. The smallest absolute Gasteiger partial charge is 0.404 e. The number of nitrogens with zero attached hydrogens (tertiary/aromatic N) is 1. The van der Waals surface area contributed by atoms with Gasteiger partial charge in [-0.25, -0.2) is 0 Å². The van der Waals surface area contributed by atoms with Gasteiger partial charge in [-0.2, -0.15) is 0 Å². The van der Waals surface area contributed by atoms with Crippen LogP contribution >= 0.6 is 0 Å². The summed E-state index contributed by atoms with van der Waals surface area (Å²) in [6.07, 6.45) is 1.45. The lowest BCUT2D eigenvalue weighted by Gasteiger charge is -1.97. The Balaban J connectivity index is 2.91. The van der Waals surface area contributed by atoms with Gasteiger partial charge in [0.25, 0.3) is 0 Å². The van der Waals surface area contributed by atoms with Crippen LogP contribution in [0.2, 0.25) is 0 Å². The van der Waals surface area contributed by atoms with Gasteiger partial charge in [0.2, 0.25) is 0 Å². The zero-order valence-corrected chi connectivity index (χ0v) is 6.27. The van der Waals surface area contributed by atoms with E-state index in [1.807, 2.05) is 0 Å². The number of hydrogen-bond donors (Lipinski definition) is 1. The van der Waals surface area contributed by atoms with E-state index in [1.165, 1.54) is 18.2 Å². The molecule has 0 radical (unpaired) electrons. The molecule has 0 aliphatic carbocycles. The Hall–Kier alpha value is -1.62. The summed E-state index contributed by atoms with van der Waals surface area (Å²) in [5.41, 5.74) is 5.47. The summed E-state index contributed by atoms with van der Waals surface area (Å²) in [5, 5.41) is 10.2. The molecule has 1 atom stereocenters. The molecule has 2 N–H and O–H groups in total. The molecule has 1 aromatic rings. The van der Waals surface area contributed by atoms with E-state index in [9.17, 15) is 10.1 Å². The number of rotatable bonds is 3. The lowest BCUT2D eigenvalue weighted by molar-refractivity contribution is -0.402. The standard InChI is InChI=1S/C7H8N2O3/c1-2-5(8)6-3-4-7(12-6)9(10)11/h2-5H,1,8H2/t5-/m1/s1. The topological polar surface area (TPSA) is 82.3 Å². The molecular weight excluding hydrogens is 160 g/mol. The highest BCUT2D eigenvalue weighted by Crippen LogP contribution is 2.20. The normalized spacial score (nSPS) is 12.4. The van der Waals surface area contributed by atoms with E-state index in [1.54, 1.807) is 0 Å². The van der Waals surface area contributed by atoms with Gasteiger partial charge < -0.3 is 10.2 Å². The summed E-state index contributed by atoms with van der Waals surface area (Å²) in [7, 11) is 0. The van der Waals surface area contributed by atoms with Crippen LogP contribution in [0.25, 0.3) is 0 Å². The molecule has 5 heteroatoms. The largest absolute Gasteiger partial charge is 0.433 e. The van der Waals surface area contributed by atoms with Crippen LogP contribution in [-0.2, 0) is 0 Å². The van der Waals surface area contributed by atoms with E-state index >= 15 is 0 Å². The molecule has 64 valence electrons. The first-order chi connectivity index (χ1) is 5.65. The highest BCUT2D eigenvalue weighted by molar-refractivity contribution is 5.21. The average Bonchev–Trinajstić information content (AvgIpc) is 2.51. The van der Waals surface area contributed by atoms with Gasteiger partial charge in [-0.3, -0.25) is 10.1 Å². The van der Waals surface area contributed by atoms with Crippen LogP contribution in [0.1, 0.15) is 11.8 Å². The molecule has 1 aromatic heterocycles. The van der Waals surface area contributed by atoms with Crippen molar-refractivity contribution >= 4 is 5.88 Å². The quantitative estimate of drug-likeness (QED) is 0.419. The van der Waals surface area contributed by atoms with E-state index in [2.05, 4.69) is 6.58 Å². The fourth-order valence-corrected chi connectivity index (χ4v) is 0.736. The van der Waals surface area contributed by atoms with Crippen molar-refractivity contribution in [3.05, 3.63) is 40.7 Å². The van der Waals surface area contributed by atoms with Crippen molar-refractivity contribution in [2.45, 2.75) is 6.04 Å². The van der Waals surface area contributed by atoms with Crippen molar-refractivity contribution in [2.75, 3.05) is 0 Å². The highest BCUT2D eigenvalue weighted by atomic mass is 16.6. The van der Waals surface area contributed by atoms with Crippen molar-refractivity contribution in [1.82, 2.24) is 0 Å². The predicted octanol–water partition coefficient (Wildman–Crippen LogP) is 1.37. The zero-order valence-electron chi connectivity index (χ0n) is 6.27. The Morgan fingerprint density at radius 1 is 1.75 bits per heavy atom. The molecule has 1 heterocycles. The second-order valence-corrected chi connectivity index (χ2v) is 2.19. The molecule has 0 fully saturated rings. The molecule has 1 rings (SSSR count). The van der Waals surface area contributed by atoms with Gasteiger partial charge in [0.15, 0.2) is 0 Å². The summed E-state index contributed by atoms with van der Waals surface area (Å²) < 4.78 is 4.80. The molecule has 0 bridgehead atoms. The van der Waals surface area contributed by atoms with Crippen molar-refractivity contribution in [3.8, 4) is 0 Å². The van der Waals surface area contributed by atoms with Crippen LogP contribution in [0.15, 0.2) is 29.2 Å². The second kappa shape index (κ2) is 3.19. The lowest BCUT2D eigenvalue weighted by atomic mass is 10.2. The van der Waals surface area contributed by atoms with E-state index in [0.29, 0.717) is 5.76 Å². The Bertz CT molecular complexity index is 305. The van der Waals surface area contributed by atoms with Gasteiger partial charge in [-0.05, 0) is 6.07 Å². The van der Waals surface area contributed by atoms with Gasteiger partial charge in [0, 0.05) is 0 Å². The molecule has 12 heavy (non-hydrogen) atoms. The molecule has 0 saturated carbocycles. The van der Waals surface area contributed by atoms with Gasteiger partial charge in [-0.1, -0.05) is 6.08 Å². The van der Waals surface area contributed by atoms with Crippen molar-refractivity contribution in [2.24, 2.45) is 5.73 Å². The van der Waals surface area contributed by atoms with Crippen molar-refractivity contribution in [1.29, 1.82) is 0 Å². The van der Waals surface area contributed by atoms with Crippen molar-refractivity contribution < 1.29 is 9.34 Å². The van der Waals surface area contributed by atoms with E-state index in [4.69, 9.17) is 10.2 Å². The Morgan fingerprint density at radius 2 is 2.42 bits per heavy atom. The number of nitrogens with two attached hydrogens (primary N) is 1. The lowest BCUT2D eigenvalue weighted by Crippen LogP contribution is -2.04. The molecule has 0 aliphatic heterocycles. The minimum absolute atomic E-state index is 0.303. The third kappa shape index (κ3) is 1.51. The molecule has 0 spiro atoms. The van der Waals surface area contributed by atoms with Gasteiger partial charge in [0.05, 0.1) is 12.1 Å². The van der Waals surface area contributed by atoms with Crippen molar-refractivity contribution in [3.63, 3.8) is 0 Å². The average molecular weight is 168 g/mol. The molecule has 0 amide bonds. The molecule has 0 unspecified atom stereocenters. The Kier molecular flexibility index (Phi) is 2.25. The molecule has 0 aromatic carbocycles. The molecular formula is C7H8N2O3. The summed E-state index contributed by atoms with van der Waals surface area (Å²) in [6.45, 7) is 3.44. The van der Waals surface area contributed by atoms with Crippen LogP contribution in [-0.4, -0.2) is 4.92 Å². The van der Waals surface area contributed by atoms with Gasteiger partial charge in [0.1, 0.15) is 10.7 Å². The zero-order chi connectivity index (χ0) is 9.14. The number of nitro groups is 1. The van der Waals surface area contributed by atoms with Crippen LogP contribution in [0.5, 0.6) is 0 Å². The fourth-order valence-electron chi connectivity index (χ4n) is 0.736. The van der Waals surface area contributed by atoms with Gasteiger partial charge >= 0.3 is 5.88 Å². The molecule has 0 saturated heterocycles. The maximum Gasteiger partial charge on any atom is 0.433 e.